The molecule has 2 unspecified atom stereocenters. The molecule has 0 saturated heterocycles. The normalized spacial score (nSPS) is 14.8. The number of halogens is 1. The molecule has 0 aliphatic rings. The third kappa shape index (κ3) is 3.41. The lowest BCUT2D eigenvalue weighted by molar-refractivity contribution is 0.261. The zero-order valence-corrected chi connectivity index (χ0v) is 14.5. The van der Waals surface area contributed by atoms with Gasteiger partial charge in [0.2, 0.25) is 0 Å². The van der Waals surface area contributed by atoms with Crippen LogP contribution in [-0.4, -0.2) is 34.1 Å². The number of likely N-dealkylation sites (N-methyl/N-ethyl adjacent to an activating group) is 1. The lowest BCUT2D eigenvalue weighted by atomic mass is 10.2. The maximum atomic E-state index is 6.37. The van der Waals surface area contributed by atoms with Gasteiger partial charge in [0, 0.05) is 12.6 Å². The van der Waals surface area contributed by atoms with E-state index in [1.165, 1.54) is 11.1 Å². The van der Waals surface area contributed by atoms with Crippen LogP contribution in [0.15, 0.2) is 18.2 Å². The van der Waals surface area contributed by atoms with E-state index in [2.05, 4.69) is 55.4 Å². The molecule has 4 heteroatoms. The summed E-state index contributed by atoms with van der Waals surface area (Å²) in [4.78, 5) is 7.20. The van der Waals surface area contributed by atoms with Crippen molar-refractivity contribution in [2.75, 3.05) is 19.6 Å². The maximum Gasteiger partial charge on any atom is 0.128 e. The first-order chi connectivity index (χ1) is 9.97. The van der Waals surface area contributed by atoms with E-state index in [0.717, 1.165) is 31.0 Å². The molecule has 21 heavy (non-hydrogen) atoms. The summed E-state index contributed by atoms with van der Waals surface area (Å²) in [5, 5.41) is -0.0862. The summed E-state index contributed by atoms with van der Waals surface area (Å²) < 4.78 is 2.31. The van der Waals surface area contributed by atoms with E-state index >= 15 is 0 Å². The van der Waals surface area contributed by atoms with Gasteiger partial charge in [-0.05, 0) is 51.6 Å². The van der Waals surface area contributed by atoms with E-state index in [1.807, 2.05) is 6.92 Å². The quantitative estimate of drug-likeness (QED) is 0.730. The van der Waals surface area contributed by atoms with Gasteiger partial charge in [0.05, 0.1) is 16.4 Å². The largest absolute Gasteiger partial charge is 0.323 e. The third-order valence-corrected chi connectivity index (χ3v) is 4.28. The smallest absolute Gasteiger partial charge is 0.128 e. The fraction of sp³-hybridized carbons (Fsp3) is 0.588. The molecule has 1 heterocycles. The van der Waals surface area contributed by atoms with Crippen LogP contribution in [0.25, 0.3) is 11.0 Å². The molecule has 0 amide bonds. The van der Waals surface area contributed by atoms with Crippen LogP contribution in [0.5, 0.6) is 0 Å². The van der Waals surface area contributed by atoms with Crippen molar-refractivity contribution >= 4 is 22.6 Å². The minimum atomic E-state index is -0.0862. The van der Waals surface area contributed by atoms with Gasteiger partial charge in [-0.1, -0.05) is 19.9 Å². The highest BCUT2D eigenvalue weighted by Crippen LogP contribution is 2.28. The molecule has 0 spiro atoms. The summed E-state index contributed by atoms with van der Waals surface area (Å²) in [5.74, 6) is 0.969. The Kier molecular flexibility index (Phi) is 5.28. The van der Waals surface area contributed by atoms with Crippen LogP contribution < -0.4 is 0 Å². The Morgan fingerprint density at radius 2 is 1.90 bits per heavy atom. The van der Waals surface area contributed by atoms with Crippen molar-refractivity contribution in [2.45, 2.75) is 46.0 Å². The van der Waals surface area contributed by atoms with Crippen LogP contribution >= 0.6 is 11.6 Å². The number of aromatic nitrogens is 2. The zero-order valence-electron chi connectivity index (χ0n) is 13.7. The number of hydrogen-bond acceptors (Lipinski definition) is 2. The van der Waals surface area contributed by atoms with Gasteiger partial charge in [0.1, 0.15) is 5.82 Å². The number of benzene rings is 1. The van der Waals surface area contributed by atoms with Crippen molar-refractivity contribution in [3.8, 4) is 0 Å². The van der Waals surface area contributed by atoms with E-state index < -0.39 is 0 Å². The zero-order chi connectivity index (χ0) is 15.6. The number of nitrogens with zero attached hydrogens (tertiary/aromatic N) is 3. The average Bonchev–Trinajstić information content (AvgIpc) is 2.83. The Morgan fingerprint density at radius 3 is 2.48 bits per heavy atom. The van der Waals surface area contributed by atoms with Crippen molar-refractivity contribution in [1.82, 2.24) is 14.5 Å². The Hall–Kier alpha value is -1.06. The molecule has 0 radical (unpaired) electrons. The highest BCUT2D eigenvalue weighted by Gasteiger charge is 2.20. The Labute approximate surface area is 132 Å². The SMILES string of the molecule is CCN(CC)CC(C)n1c(C(C)Cl)nc2cc(C)ccc21. The molecule has 1 aromatic carbocycles. The summed E-state index contributed by atoms with van der Waals surface area (Å²) >= 11 is 6.37. The molecular weight excluding hydrogens is 282 g/mol. The summed E-state index contributed by atoms with van der Waals surface area (Å²) in [7, 11) is 0. The number of alkyl halides is 1. The molecule has 2 atom stereocenters. The van der Waals surface area contributed by atoms with Gasteiger partial charge in [-0.3, -0.25) is 0 Å². The van der Waals surface area contributed by atoms with E-state index in [0.29, 0.717) is 6.04 Å². The molecular formula is C17H26ClN3. The second kappa shape index (κ2) is 6.80. The first-order valence-corrected chi connectivity index (χ1v) is 8.26. The number of hydrogen-bond donors (Lipinski definition) is 0. The van der Waals surface area contributed by atoms with E-state index in [9.17, 15) is 0 Å². The monoisotopic (exact) mass is 307 g/mol. The van der Waals surface area contributed by atoms with Crippen molar-refractivity contribution in [3.05, 3.63) is 29.6 Å². The molecule has 0 N–H and O–H groups in total. The molecule has 0 aliphatic carbocycles. The van der Waals surface area contributed by atoms with Crippen LogP contribution in [-0.2, 0) is 0 Å². The molecule has 2 aromatic rings. The van der Waals surface area contributed by atoms with Crippen LogP contribution in [0.1, 0.15) is 50.5 Å². The van der Waals surface area contributed by atoms with Gasteiger partial charge in [0.15, 0.2) is 0 Å². The summed E-state index contributed by atoms with van der Waals surface area (Å²) in [6.07, 6.45) is 0. The topological polar surface area (TPSA) is 21.1 Å². The summed E-state index contributed by atoms with van der Waals surface area (Å²) in [5.41, 5.74) is 3.46. The fourth-order valence-corrected chi connectivity index (χ4v) is 3.06. The highest BCUT2D eigenvalue weighted by atomic mass is 35.5. The van der Waals surface area contributed by atoms with Crippen LogP contribution in [0.3, 0.4) is 0 Å². The molecule has 3 nitrogen and oxygen atoms in total. The summed E-state index contributed by atoms with van der Waals surface area (Å²) in [6, 6.07) is 6.80. The predicted octanol–water partition coefficient (Wildman–Crippen LogP) is 4.55. The molecule has 0 fully saturated rings. The lowest BCUT2D eigenvalue weighted by Gasteiger charge is -2.25. The Balaban J connectivity index is 2.47. The van der Waals surface area contributed by atoms with E-state index in [4.69, 9.17) is 16.6 Å². The van der Waals surface area contributed by atoms with Gasteiger partial charge in [-0.2, -0.15) is 0 Å². The highest BCUT2D eigenvalue weighted by molar-refractivity contribution is 6.20. The van der Waals surface area contributed by atoms with Crippen LogP contribution in [0.2, 0.25) is 0 Å². The molecule has 116 valence electrons. The van der Waals surface area contributed by atoms with Crippen LogP contribution in [0, 0.1) is 6.92 Å². The van der Waals surface area contributed by atoms with Crippen molar-refractivity contribution in [2.24, 2.45) is 0 Å². The second-order valence-corrected chi connectivity index (χ2v) is 6.44. The van der Waals surface area contributed by atoms with Gasteiger partial charge < -0.3 is 9.47 Å². The molecule has 1 aromatic heterocycles. The number of fused-ring (bicyclic) bond motifs is 1. The van der Waals surface area contributed by atoms with Crippen molar-refractivity contribution in [3.63, 3.8) is 0 Å². The number of rotatable bonds is 6. The molecule has 0 saturated carbocycles. The standard InChI is InChI=1S/C17H26ClN3/c1-6-20(7-2)11-13(4)21-16-9-8-12(3)10-15(16)19-17(21)14(5)18/h8-10,13-14H,6-7,11H2,1-5H3. The van der Waals surface area contributed by atoms with Gasteiger partial charge in [-0.15, -0.1) is 11.6 Å². The fourth-order valence-electron chi connectivity index (χ4n) is 2.91. The molecule has 0 bridgehead atoms. The minimum Gasteiger partial charge on any atom is -0.323 e. The average molecular weight is 308 g/mol. The maximum absolute atomic E-state index is 6.37. The van der Waals surface area contributed by atoms with Crippen LogP contribution in [0.4, 0.5) is 0 Å². The lowest BCUT2D eigenvalue weighted by Crippen LogP contribution is -2.30. The number of aryl methyl sites for hydroxylation is 1. The van der Waals surface area contributed by atoms with E-state index in [1.54, 1.807) is 0 Å². The van der Waals surface area contributed by atoms with E-state index in [-0.39, 0.29) is 5.38 Å². The first kappa shape index (κ1) is 16.3. The summed E-state index contributed by atoms with van der Waals surface area (Å²) in [6.45, 7) is 13.9. The van der Waals surface area contributed by atoms with Gasteiger partial charge in [0.25, 0.3) is 0 Å². The van der Waals surface area contributed by atoms with Crippen molar-refractivity contribution in [1.29, 1.82) is 0 Å². The predicted molar refractivity (Wildman–Crippen MR) is 91.2 cm³/mol. The Bertz CT molecular complexity index is 599. The molecule has 0 aliphatic heterocycles. The second-order valence-electron chi connectivity index (χ2n) is 5.78. The minimum absolute atomic E-state index is 0.0862. The number of imidazole rings is 1. The Morgan fingerprint density at radius 1 is 1.24 bits per heavy atom. The first-order valence-electron chi connectivity index (χ1n) is 7.82. The van der Waals surface area contributed by atoms with Gasteiger partial charge in [-0.25, -0.2) is 4.98 Å². The third-order valence-electron chi connectivity index (χ3n) is 4.09. The molecule has 2 rings (SSSR count). The van der Waals surface area contributed by atoms with Crippen molar-refractivity contribution < 1.29 is 0 Å². The van der Waals surface area contributed by atoms with Gasteiger partial charge >= 0.3 is 0 Å².